The smallest absolute Gasteiger partial charge is 0.218 e. The third-order valence-corrected chi connectivity index (χ3v) is 5.58. The van der Waals surface area contributed by atoms with E-state index in [2.05, 4.69) is 79.8 Å². The Morgan fingerprint density at radius 1 is 1.08 bits per heavy atom. The third-order valence-electron chi connectivity index (χ3n) is 5.58. The van der Waals surface area contributed by atoms with Crippen molar-refractivity contribution in [2.24, 2.45) is 0 Å². The minimum absolute atomic E-state index is 0.0241. The summed E-state index contributed by atoms with van der Waals surface area (Å²) in [6.45, 7) is 12.3. The second-order valence-corrected chi connectivity index (χ2v) is 6.73. The van der Waals surface area contributed by atoms with E-state index in [9.17, 15) is 0 Å². The van der Waals surface area contributed by atoms with Crippen molar-refractivity contribution in [3.05, 3.63) is 54.7 Å². The number of hydrogen-bond donors (Lipinski definition) is 1. The van der Waals surface area contributed by atoms with Gasteiger partial charge in [-0.3, -0.25) is 0 Å². The average molecular weight is 321 g/mol. The molecule has 3 rings (SSSR count). The summed E-state index contributed by atoms with van der Waals surface area (Å²) in [5.41, 5.74) is 6.44. The van der Waals surface area contributed by atoms with Gasteiger partial charge < -0.3 is 5.32 Å². The summed E-state index contributed by atoms with van der Waals surface area (Å²) in [6, 6.07) is 13.3. The van der Waals surface area contributed by atoms with Crippen LogP contribution in [0.3, 0.4) is 0 Å². The lowest BCUT2D eigenvalue weighted by molar-refractivity contribution is -0.577. The van der Waals surface area contributed by atoms with Crippen molar-refractivity contribution >= 4 is 11.4 Å². The SMILES string of the molecule is C=C1[n+]2ccccc2-c2cc(NCCCC)ccc2C1(CC)CC. The number of rotatable bonds is 6. The molecule has 2 aromatic rings. The van der Waals surface area contributed by atoms with Crippen LogP contribution < -0.4 is 9.88 Å². The number of hydrogen-bond acceptors (Lipinski definition) is 1. The normalized spacial score (nSPS) is 14.9. The predicted octanol–water partition coefficient (Wildman–Crippen LogP) is 5.40. The van der Waals surface area contributed by atoms with E-state index in [-0.39, 0.29) is 5.41 Å². The Morgan fingerprint density at radius 2 is 1.88 bits per heavy atom. The molecule has 0 saturated heterocycles. The van der Waals surface area contributed by atoms with Crippen molar-refractivity contribution < 1.29 is 4.57 Å². The van der Waals surface area contributed by atoms with Crippen LogP contribution in [0.4, 0.5) is 5.69 Å². The molecule has 0 spiro atoms. The summed E-state index contributed by atoms with van der Waals surface area (Å²) in [7, 11) is 0. The number of benzene rings is 1. The number of unbranched alkanes of at least 4 members (excludes halogenated alkanes) is 1. The number of pyridine rings is 1. The maximum Gasteiger partial charge on any atom is 0.218 e. The lowest BCUT2D eigenvalue weighted by Gasteiger charge is -2.35. The monoisotopic (exact) mass is 321 g/mol. The first-order valence-corrected chi connectivity index (χ1v) is 9.27. The van der Waals surface area contributed by atoms with E-state index in [1.54, 1.807) is 0 Å². The summed E-state index contributed by atoms with van der Waals surface area (Å²) >= 11 is 0. The van der Waals surface area contributed by atoms with Gasteiger partial charge in [0.25, 0.3) is 0 Å². The average Bonchev–Trinajstić information content (AvgIpc) is 2.63. The fourth-order valence-electron chi connectivity index (χ4n) is 4.02. The van der Waals surface area contributed by atoms with Gasteiger partial charge in [-0.05, 0) is 49.6 Å². The second kappa shape index (κ2) is 6.80. The standard InChI is InChI=1S/C22H29N2/c1-5-8-14-23-18-12-13-20-19(16-18)21-11-9-10-15-24(21)17(4)22(20,6-2)7-3/h9-13,15-16,23H,4-8,14H2,1-3H3/q+1. The van der Waals surface area contributed by atoms with Crippen molar-refractivity contribution in [3.63, 3.8) is 0 Å². The summed E-state index contributed by atoms with van der Waals surface area (Å²) in [5, 5.41) is 3.57. The molecule has 0 unspecified atom stereocenters. The highest BCUT2D eigenvalue weighted by Gasteiger charge is 2.45. The Bertz CT molecular complexity index is 741. The molecule has 1 N–H and O–H groups in total. The zero-order valence-corrected chi connectivity index (χ0v) is 15.2. The number of allylic oxidation sites excluding steroid dienone is 1. The first kappa shape index (κ1) is 16.8. The van der Waals surface area contributed by atoms with Crippen LogP contribution in [0, 0.1) is 0 Å². The zero-order chi connectivity index (χ0) is 17.2. The van der Waals surface area contributed by atoms with Gasteiger partial charge in [-0.25, -0.2) is 0 Å². The van der Waals surface area contributed by atoms with Crippen molar-refractivity contribution in [1.82, 2.24) is 0 Å². The van der Waals surface area contributed by atoms with Crippen molar-refractivity contribution in [2.75, 3.05) is 11.9 Å². The van der Waals surface area contributed by atoms with Gasteiger partial charge in [-0.1, -0.05) is 33.3 Å². The predicted molar refractivity (Wildman–Crippen MR) is 103 cm³/mol. The molecule has 2 heteroatoms. The van der Waals surface area contributed by atoms with Crippen LogP contribution in [0.15, 0.2) is 49.2 Å². The fourth-order valence-corrected chi connectivity index (χ4v) is 4.02. The van der Waals surface area contributed by atoms with Crippen molar-refractivity contribution in [3.8, 4) is 11.3 Å². The minimum Gasteiger partial charge on any atom is -0.385 e. The van der Waals surface area contributed by atoms with E-state index in [4.69, 9.17) is 0 Å². The zero-order valence-electron chi connectivity index (χ0n) is 15.2. The van der Waals surface area contributed by atoms with Crippen LogP contribution in [-0.4, -0.2) is 6.54 Å². The van der Waals surface area contributed by atoms with Crippen LogP contribution in [-0.2, 0) is 5.41 Å². The summed E-state index contributed by atoms with van der Waals surface area (Å²) in [4.78, 5) is 0. The molecular weight excluding hydrogens is 292 g/mol. The molecule has 0 atom stereocenters. The molecule has 24 heavy (non-hydrogen) atoms. The summed E-state index contributed by atoms with van der Waals surface area (Å²) in [5.74, 6) is 0. The van der Waals surface area contributed by atoms with Gasteiger partial charge in [0.2, 0.25) is 5.69 Å². The lowest BCUT2D eigenvalue weighted by atomic mass is 9.69. The van der Waals surface area contributed by atoms with Gasteiger partial charge in [0.15, 0.2) is 11.9 Å². The van der Waals surface area contributed by atoms with Crippen molar-refractivity contribution in [2.45, 2.75) is 51.9 Å². The molecule has 1 aliphatic heterocycles. The number of fused-ring (bicyclic) bond motifs is 3. The summed E-state index contributed by atoms with van der Waals surface area (Å²) < 4.78 is 2.28. The van der Waals surface area contributed by atoms with E-state index in [0.717, 1.165) is 19.4 Å². The number of nitrogens with one attached hydrogen (secondary N) is 1. The maximum atomic E-state index is 4.48. The Labute approximate surface area is 146 Å². The number of nitrogens with zero attached hydrogens (tertiary/aromatic N) is 1. The van der Waals surface area contributed by atoms with Gasteiger partial charge in [0.05, 0.1) is 11.0 Å². The van der Waals surface area contributed by atoms with Crippen LogP contribution in [0.5, 0.6) is 0 Å². The molecule has 126 valence electrons. The second-order valence-electron chi connectivity index (χ2n) is 6.73. The van der Waals surface area contributed by atoms with Crippen LogP contribution >= 0.6 is 0 Å². The third kappa shape index (κ3) is 2.54. The molecule has 2 nitrogen and oxygen atoms in total. The van der Waals surface area contributed by atoms with Gasteiger partial charge in [-0.15, -0.1) is 0 Å². The Balaban J connectivity index is 2.14. The first-order chi connectivity index (χ1) is 11.7. The molecular formula is C22H29N2+. The molecule has 0 aliphatic carbocycles. The largest absolute Gasteiger partial charge is 0.385 e. The maximum absolute atomic E-state index is 4.48. The minimum atomic E-state index is 0.0241. The molecule has 2 heterocycles. The highest BCUT2D eigenvalue weighted by atomic mass is 15.0. The van der Waals surface area contributed by atoms with E-state index < -0.39 is 0 Å². The molecule has 1 aromatic heterocycles. The van der Waals surface area contributed by atoms with Gasteiger partial charge >= 0.3 is 0 Å². The molecule has 0 radical (unpaired) electrons. The lowest BCUT2D eigenvalue weighted by Crippen LogP contribution is -2.48. The number of aromatic nitrogens is 1. The van der Waals surface area contributed by atoms with E-state index in [1.165, 1.54) is 41.0 Å². The number of anilines is 1. The van der Waals surface area contributed by atoms with E-state index in [0.29, 0.717) is 0 Å². The summed E-state index contributed by atoms with van der Waals surface area (Å²) in [6.07, 6.45) is 6.70. The van der Waals surface area contributed by atoms with E-state index >= 15 is 0 Å². The highest BCUT2D eigenvalue weighted by Crippen LogP contribution is 2.46. The molecule has 1 aliphatic rings. The molecule has 0 amide bonds. The quantitative estimate of drug-likeness (QED) is 0.557. The molecule has 0 saturated carbocycles. The van der Waals surface area contributed by atoms with Crippen LogP contribution in [0.2, 0.25) is 0 Å². The Morgan fingerprint density at radius 3 is 2.58 bits per heavy atom. The van der Waals surface area contributed by atoms with Gasteiger partial charge in [0.1, 0.15) is 0 Å². The highest BCUT2D eigenvalue weighted by molar-refractivity contribution is 5.75. The Hall–Kier alpha value is -2.09. The van der Waals surface area contributed by atoms with Crippen molar-refractivity contribution in [1.29, 1.82) is 0 Å². The van der Waals surface area contributed by atoms with Crippen LogP contribution in [0.25, 0.3) is 17.0 Å². The topological polar surface area (TPSA) is 15.9 Å². The first-order valence-electron chi connectivity index (χ1n) is 9.27. The molecule has 0 fully saturated rings. The van der Waals surface area contributed by atoms with Crippen LogP contribution in [0.1, 0.15) is 52.0 Å². The molecule has 0 bridgehead atoms. The van der Waals surface area contributed by atoms with Gasteiger partial charge in [0, 0.05) is 24.4 Å². The Kier molecular flexibility index (Phi) is 4.75. The van der Waals surface area contributed by atoms with E-state index in [1.807, 2.05) is 0 Å². The fraction of sp³-hybridized carbons (Fsp3) is 0.409. The van der Waals surface area contributed by atoms with Gasteiger partial charge in [-0.2, -0.15) is 4.57 Å². The molecule has 1 aromatic carbocycles.